The van der Waals surface area contributed by atoms with E-state index in [1.807, 2.05) is 35.9 Å². The normalized spacial score (nSPS) is 11.1. The fourth-order valence-electron chi connectivity index (χ4n) is 1.59. The van der Waals surface area contributed by atoms with Gasteiger partial charge in [0.15, 0.2) is 0 Å². The first-order chi connectivity index (χ1) is 9.89. The van der Waals surface area contributed by atoms with Crippen LogP contribution in [0.15, 0.2) is 29.6 Å². The molecule has 0 saturated carbocycles. The van der Waals surface area contributed by atoms with Crippen LogP contribution >= 0.6 is 11.3 Å². The standard InChI is InChI=1S/C13H14N2O4S2/c1-3-19-10-6-4-9(5-7-10)13-14-11(8-20-13)12(16)15-21(2,17)18/h4-8H,3H2,1-2H3,(H,15,16). The van der Waals surface area contributed by atoms with E-state index in [2.05, 4.69) is 4.98 Å². The number of carbonyl (C=O) groups is 1. The molecule has 1 amide bonds. The first kappa shape index (κ1) is 15.5. The molecule has 2 rings (SSSR count). The van der Waals surface area contributed by atoms with Crippen molar-refractivity contribution < 1.29 is 17.9 Å². The van der Waals surface area contributed by atoms with Crippen LogP contribution in [0.5, 0.6) is 5.75 Å². The maximum absolute atomic E-state index is 11.7. The molecule has 0 fully saturated rings. The lowest BCUT2D eigenvalue weighted by Gasteiger charge is -2.03. The molecule has 0 atom stereocenters. The molecule has 2 aromatic rings. The Bertz CT molecular complexity index is 736. The van der Waals surface area contributed by atoms with Gasteiger partial charge in [-0.25, -0.2) is 18.1 Å². The van der Waals surface area contributed by atoms with Crippen LogP contribution in [0.3, 0.4) is 0 Å². The van der Waals surface area contributed by atoms with Crippen molar-refractivity contribution >= 4 is 27.3 Å². The first-order valence-corrected chi connectivity index (χ1v) is 8.87. The molecule has 0 radical (unpaired) electrons. The molecule has 1 heterocycles. The van der Waals surface area contributed by atoms with Gasteiger partial charge in [0.25, 0.3) is 5.91 Å². The number of thiazole rings is 1. The molecule has 0 aliphatic heterocycles. The van der Waals surface area contributed by atoms with Crippen molar-refractivity contribution in [3.63, 3.8) is 0 Å². The number of nitrogens with one attached hydrogen (secondary N) is 1. The Kier molecular flexibility index (Phi) is 4.59. The number of rotatable bonds is 5. The summed E-state index contributed by atoms with van der Waals surface area (Å²) in [5.41, 5.74) is 0.913. The van der Waals surface area contributed by atoms with Gasteiger partial charge in [0, 0.05) is 10.9 Å². The van der Waals surface area contributed by atoms with Crippen molar-refractivity contribution in [3.8, 4) is 16.3 Å². The predicted octanol–water partition coefficient (Wildman–Crippen LogP) is 1.90. The van der Waals surface area contributed by atoms with Crippen LogP contribution in [0, 0.1) is 0 Å². The summed E-state index contributed by atoms with van der Waals surface area (Å²) in [6.45, 7) is 2.49. The summed E-state index contributed by atoms with van der Waals surface area (Å²) in [5.74, 6) is 0.0267. The Balaban J connectivity index is 2.17. The highest BCUT2D eigenvalue weighted by molar-refractivity contribution is 7.89. The van der Waals surface area contributed by atoms with Gasteiger partial charge in [-0.3, -0.25) is 4.79 Å². The second-order valence-electron chi connectivity index (χ2n) is 4.20. The number of nitrogens with zero attached hydrogens (tertiary/aromatic N) is 1. The second kappa shape index (κ2) is 6.23. The number of aromatic nitrogens is 1. The fourth-order valence-corrected chi connectivity index (χ4v) is 2.84. The summed E-state index contributed by atoms with van der Waals surface area (Å²) in [4.78, 5) is 15.8. The molecule has 0 spiro atoms. The van der Waals surface area contributed by atoms with Gasteiger partial charge in [-0.1, -0.05) is 0 Å². The van der Waals surface area contributed by atoms with Gasteiger partial charge in [-0.05, 0) is 31.2 Å². The minimum atomic E-state index is -3.59. The number of benzene rings is 1. The van der Waals surface area contributed by atoms with Gasteiger partial charge in [0.05, 0.1) is 12.9 Å². The molecule has 0 saturated heterocycles. The minimum Gasteiger partial charge on any atom is -0.494 e. The van der Waals surface area contributed by atoms with E-state index < -0.39 is 15.9 Å². The maximum atomic E-state index is 11.7. The van der Waals surface area contributed by atoms with Crippen LogP contribution in [-0.2, 0) is 10.0 Å². The van der Waals surface area contributed by atoms with E-state index in [1.54, 1.807) is 0 Å². The zero-order chi connectivity index (χ0) is 15.5. The first-order valence-electron chi connectivity index (χ1n) is 6.10. The van der Waals surface area contributed by atoms with Gasteiger partial charge < -0.3 is 4.74 Å². The monoisotopic (exact) mass is 326 g/mol. The smallest absolute Gasteiger partial charge is 0.284 e. The van der Waals surface area contributed by atoms with Gasteiger partial charge >= 0.3 is 0 Å². The van der Waals surface area contributed by atoms with E-state index in [0.29, 0.717) is 11.6 Å². The molecule has 1 aromatic heterocycles. The summed E-state index contributed by atoms with van der Waals surface area (Å²) in [5, 5.41) is 2.16. The molecular formula is C13H14N2O4S2. The summed E-state index contributed by atoms with van der Waals surface area (Å²) in [6.07, 6.45) is 0.921. The van der Waals surface area contributed by atoms with Gasteiger partial charge in [0.2, 0.25) is 10.0 Å². The van der Waals surface area contributed by atoms with E-state index in [1.165, 1.54) is 16.7 Å². The van der Waals surface area contributed by atoms with Crippen LogP contribution in [0.1, 0.15) is 17.4 Å². The lowest BCUT2D eigenvalue weighted by Crippen LogP contribution is -2.29. The van der Waals surface area contributed by atoms with Crippen molar-refractivity contribution in [2.45, 2.75) is 6.92 Å². The second-order valence-corrected chi connectivity index (χ2v) is 6.81. The number of ether oxygens (including phenoxy) is 1. The summed E-state index contributed by atoms with van der Waals surface area (Å²) < 4.78 is 29.3. The number of amides is 1. The van der Waals surface area contributed by atoms with Crippen LogP contribution in [0.25, 0.3) is 10.6 Å². The predicted molar refractivity (Wildman–Crippen MR) is 81.0 cm³/mol. The summed E-state index contributed by atoms with van der Waals surface area (Å²) in [6, 6.07) is 7.30. The molecule has 0 unspecified atom stereocenters. The molecular weight excluding hydrogens is 312 g/mol. The third-order valence-electron chi connectivity index (χ3n) is 2.43. The Morgan fingerprint density at radius 1 is 1.33 bits per heavy atom. The van der Waals surface area contributed by atoms with Crippen LogP contribution in [0.2, 0.25) is 0 Å². The minimum absolute atomic E-state index is 0.0781. The van der Waals surface area contributed by atoms with Crippen LogP contribution in [-0.4, -0.2) is 32.2 Å². The van der Waals surface area contributed by atoms with E-state index >= 15 is 0 Å². The van der Waals surface area contributed by atoms with E-state index in [0.717, 1.165) is 17.6 Å². The Morgan fingerprint density at radius 3 is 2.57 bits per heavy atom. The average Bonchev–Trinajstić information content (AvgIpc) is 2.88. The SMILES string of the molecule is CCOc1ccc(-c2nc(C(=O)NS(C)(=O)=O)cs2)cc1. The van der Waals surface area contributed by atoms with Crippen molar-refractivity contribution in [1.29, 1.82) is 0 Å². The van der Waals surface area contributed by atoms with Crippen molar-refractivity contribution in [2.24, 2.45) is 0 Å². The zero-order valence-electron chi connectivity index (χ0n) is 11.5. The third-order valence-corrected chi connectivity index (χ3v) is 3.87. The molecule has 0 aliphatic rings. The number of carbonyl (C=O) groups excluding carboxylic acids is 1. The largest absolute Gasteiger partial charge is 0.494 e. The lowest BCUT2D eigenvalue weighted by atomic mass is 10.2. The topological polar surface area (TPSA) is 85.4 Å². The van der Waals surface area contributed by atoms with Gasteiger partial charge in [0.1, 0.15) is 16.5 Å². The molecule has 0 aliphatic carbocycles. The van der Waals surface area contributed by atoms with Crippen molar-refractivity contribution in [2.75, 3.05) is 12.9 Å². The number of hydrogen-bond donors (Lipinski definition) is 1. The Hall–Kier alpha value is -1.93. The Morgan fingerprint density at radius 2 is 2.00 bits per heavy atom. The number of sulfonamides is 1. The highest BCUT2D eigenvalue weighted by atomic mass is 32.2. The fraction of sp³-hybridized carbons (Fsp3) is 0.231. The lowest BCUT2D eigenvalue weighted by molar-refractivity contribution is 0.0977. The molecule has 21 heavy (non-hydrogen) atoms. The highest BCUT2D eigenvalue weighted by Gasteiger charge is 2.15. The quantitative estimate of drug-likeness (QED) is 0.907. The highest BCUT2D eigenvalue weighted by Crippen LogP contribution is 2.25. The molecule has 1 aromatic carbocycles. The average molecular weight is 326 g/mol. The van der Waals surface area contributed by atoms with Crippen molar-refractivity contribution in [3.05, 3.63) is 35.3 Å². The van der Waals surface area contributed by atoms with Gasteiger partial charge in [-0.15, -0.1) is 11.3 Å². The third kappa shape index (κ3) is 4.27. The molecule has 112 valence electrons. The van der Waals surface area contributed by atoms with E-state index in [9.17, 15) is 13.2 Å². The molecule has 1 N–H and O–H groups in total. The van der Waals surface area contributed by atoms with E-state index in [4.69, 9.17) is 4.74 Å². The molecule has 0 bridgehead atoms. The molecule has 8 heteroatoms. The van der Waals surface area contributed by atoms with Crippen LogP contribution in [0.4, 0.5) is 0 Å². The van der Waals surface area contributed by atoms with E-state index in [-0.39, 0.29) is 5.69 Å². The number of hydrogen-bond acceptors (Lipinski definition) is 6. The Labute approximate surface area is 126 Å². The zero-order valence-corrected chi connectivity index (χ0v) is 13.1. The van der Waals surface area contributed by atoms with Crippen molar-refractivity contribution in [1.82, 2.24) is 9.71 Å². The van der Waals surface area contributed by atoms with Gasteiger partial charge in [-0.2, -0.15) is 0 Å². The van der Waals surface area contributed by atoms with Crippen LogP contribution < -0.4 is 9.46 Å². The summed E-state index contributed by atoms with van der Waals surface area (Å²) in [7, 11) is -3.59. The maximum Gasteiger partial charge on any atom is 0.284 e. The molecule has 6 nitrogen and oxygen atoms in total. The summed E-state index contributed by atoms with van der Waals surface area (Å²) >= 11 is 1.27.